The molecule has 0 aliphatic carbocycles. The van der Waals surface area contributed by atoms with Gasteiger partial charge < -0.3 is 31.0 Å². The molecule has 0 unspecified atom stereocenters. The van der Waals surface area contributed by atoms with Gasteiger partial charge in [0, 0.05) is 25.2 Å². The third-order valence-corrected chi connectivity index (χ3v) is 8.24. The van der Waals surface area contributed by atoms with E-state index in [0.29, 0.717) is 37.2 Å². The normalized spacial score (nSPS) is 13.8. The molecule has 0 radical (unpaired) electrons. The first-order chi connectivity index (χ1) is 20.8. The summed E-state index contributed by atoms with van der Waals surface area (Å²) in [5.74, 6) is -1.50. The number of carbonyl (C=O) groups excluding carboxylic acids is 1. The largest absolute Gasteiger partial charge is 0.492 e. The van der Waals surface area contributed by atoms with E-state index in [2.05, 4.69) is 18.7 Å². The van der Waals surface area contributed by atoms with E-state index in [-0.39, 0.29) is 11.8 Å². The quantitative estimate of drug-likeness (QED) is 0.0652. The van der Waals surface area contributed by atoms with Crippen LogP contribution in [0.5, 0.6) is 11.8 Å². The number of nitrogens with zero attached hydrogens (tertiary/aromatic N) is 2. The highest BCUT2D eigenvalue weighted by molar-refractivity contribution is 5.75. The number of hydrogen-bond acceptors (Lipinski definition) is 8. The molecule has 9 nitrogen and oxygen atoms in total. The number of carbonyl (C=O) groups is 1. The maximum atomic E-state index is 12.3. The fourth-order valence-corrected chi connectivity index (χ4v) is 5.53. The molecule has 6 N–H and O–H groups in total. The maximum Gasteiger partial charge on any atom is 0.349 e. The van der Waals surface area contributed by atoms with Gasteiger partial charge in [0.2, 0.25) is 11.8 Å². The van der Waals surface area contributed by atoms with Crippen molar-refractivity contribution in [3.05, 3.63) is 12.1 Å². The van der Waals surface area contributed by atoms with Gasteiger partial charge in [-0.25, -0.2) is 4.79 Å². The average molecular weight is 612 g/mol. The molecule has 3 atom stereocenters. The Kier molecular flexibility index (Phi) is 23.3. The Labute approximate surface area is 261 Å². The molecule has 252 valence electrons. The SMILES string of the molecule is CCCCCCCCCC[C@@H](O)CN(CCCC[C@H](N)C(=O)On1c(O)ccc1O)C[C@H](O)CCCCCCCCCC. The van der Waals surface area contributed by atoms with Crippen molar-refractivity contribution < 1.29 is 30.1 Å². The first kappa shape index (κ1) is 39.2. The summed E-state index contributed by atoms with van der Waals surface area (Å²) in [6.45, 7) is 6.23. The van der Waals surface area contributed by atoms with Crippen molar-refractivity contribution in [3.8, 4) is 11.8 Å². The van der Waals surface area contributed by atoms with E-state index in [9.17, 15) is 25.2 Å². The lowest BCUT2D eigenvalue weighted by atomic mass is 10.0. The molecule has 0 fully saturated rings. The molecule has 1 aromatic rings. The van der Waals surface area contributed by atoms with Gasteiger partial charge in [0.1, 0.15) is 6.04 Å². The van der Waals surface area contributed by atoms with E-state index < -0.39 is 24.2 Å². The minimum Gasteiger partial charge on any atom is -0.492 e. The maximum absolute atomic E-state index is 12.3. The van der Waals surface area contributed by atoms with E-state index in [0.717, 1.165) is 44.9 Å². The number of aromatic hydroxyl groups is 2. The number of unbranched alkanes of at least 4 members (excludes halogenated alkanes) is 15. The van der Waals surface area contributed by atoms with Crippen LogP contribution in [0.15, 0.2) is 12.1 Å². The fourth-order valence-electron chi connectivity index (χ4n) is 5.53. The number of aromatic nitrogens is 1. The van der Waals surface area contributed by atoms with Crippen molar-refractivity contribution >= 4 is 5.97 Å². The lowest BCUT2D eigenvalue weighted by molar-refractivity contribution is -0.147. The predicted molar refractivity (Wildman–Crippen MR) is 174 cm³/mol. The van der Waals surface area contributed by atoms with E-state index in [1.165, 1.54) is 89.2 Å². The second kappa shape index (κ2) is 25.5. The van der Waals surface area contributed by atoms with Crippen LogP contribution in [0.2, 0.25) is 0 Å². The summed E-state index contributed by atoms with van der Waals surface area (Å²) in [6.07, 6.45) is 22.3. The van der Waals surface area contributed by atoms with Crippen LogP contribution in [-0.2, 0) is 4.79 Å². The number of aliphatic hydroxyl groups excluding tert-OH is 2. The molecule has 0 saturated carbocycles. The van der Waals surface area contributed by atoms with Crippen molar-refractivity contribution in [1.82, 2.24) is 9.63 Å². The second-order valence-electron chi connectivity index (χ2n) is 12.5. The Morgan fingerprint density at radius 1 is 0.698 bits per heavy atom. The van der Waals surface area contributed by atoms with Gasteiger partial charge in [0.15, 0.2) is 0 Å². The summed E-state index contributed by atoms with van der Waals surface area (Å²) >= 11 is 0. The van der Waals surface area contributed by atoms with Gasteiger partial charge in [0.25, 0.3) is 0 Å². The second-order valence-corrected chi connectivity index (χ2v) is 12.5. The van der Waals surface area contributed by atoms with Crippen LogP contribution in [0.25, 0.3) is 0 Å². The molecule has 0 saturated heterocycles. The summed E-state index contributed by atoms with van der Waals surface area (Å²) in [7, 11) is 0. The fraction of sp³-hybridized carbons (Fsp3) is 0.853. The Morgan fingerprint density at radius 3 is 1.53 bits per heavy atom. The summed E-state index contributed by atoms with van der Waals surface area (Å²) in [4.78, 5) is 19.4. The molecule has 0 bridgehead atoms. The minimum absolute atomic E-state index is 0.384. The lowest BCUT2D eigenvalue weighted by Gasteiger charge is -2.27. The smallest absolute Gasteiger partial charge is 0.349 e. The van der Waals surface area contributed by atoms with E-state index in [1.807, 2.05) is 0 Å². The summed E-state index contributed by atoms with van der Waals surface area (Å²) in [5.41, 5.74) is 5.99. The number of aliphatic hydroxyl groups is 2. The molecular weight excluding hydrogens is 546 g/mol. The van der Waals surface area contributed by atoms with Gasteiger partial charge >= 0.3 is 5.97 Å². The van der Waals surface area contributed by atoms with Gasteiger partial charge in [-0.05, 0) is 32.2 Å². The number of hydrogen-bond donors (Lipinski definition) is 5. The Balaban J connectivity index is 2.43. The molecule has 1 heterocycles. The molecule has 0 aromatic carbocycles. The molecular formula is C34H65N3O6. The van der Waals surface area contributed by atoms with Crippen molar-refractivity contribution in [2.24, 2.45) is 5.73 Å². The van der Waals surface area contributed by atoms with Gasteiger partial charge in [-0.1, -0.05) is 123 Å². The van der Waals surface area contributed by atoms with Crippen LogP contribution in [0.3, 0.4) is 0 Å². The van der Waals surface area contributed by atoms with E-state index in [1.54, 1.807) is 0 Å². The zero-order valence-corrected chi connectivity index (χ0v) is 27.4. The summed E-state index contributed by atoms with van der Waals surface area (Å²) in [6, 6.07) is 1.54. The molecule has 9 heteroatoms. The average Bonchev–Trinajstić information content (AvgIpc) is 3.29. The third kappa shape index (κ3) is 20.0. The van der Waals surface area contributed by atoms with E-state index >= 15 is 0 Å². The Morgan fingerprint density at radius 2 is 1.09 bits per heavy atom. The molecule has 1 aromatic heterocycles. The van der Waals surface area contributed by atoms with Crippen molar-refractivity contribution in [1.29, 1.82) is 0 Å². The molecule has 0 aliphatic heterocycles. The van der Waals surface area contributed by atoms with E-state index in [4.69, 9.17) is 10.6 Å². The van der Waals surface area contributed by atoms with Crippen molar-refractivity contribution in [2.75, 3.05) is 19.6 Å². The van der Waals surface area contributed by atoms with Crippen LogP contribution in [0.1, 0.15) is 149 Å². The van der Waals surface area contributed by atoms with Crippen molar-refractivity contribution in [3.63, 3.8) is 0 Å². The zero-order valence-electron chi connectivity index (χ0n) is 27.4. The van der Waals surface area contributed by atoms with Crippen LogP contribution in [-0.4, -0.2) is 73.9 Å². The van der Waals surface area contributed by atoms with Gasteiger partial charge in [0.05, 0.1) is 12.2 Å². The predicted octanol–water partition coefficient (Wildman–Crippen LogP) is 6.44. The molecule has 1 rings (SSSR count). The number of nitrogens with two attached hydrogens (primary N) is 1. The standard InChI is InChI=1S/C34H65N3O6/c1-3-5-7-9-11-13-15-17-21-29(38)27-36(28-30(39)22-18-16-14-12-10-8-6-4-2)26-20-19-23-31(35)34(42)43-37-32(40)24-25-33(37)41/h24-25,29-31,38-41H,3-23,26-28,35H2,1-2H3/t29-,30-,31+/m1/s1. The van der Waals surface area contributed by atoms with Gasteiger partial charge in [-0.2, -0.15) is 0 Å². The van der Waals surface area contributed by atoms with Gasteiger partial charge in [-0.15, -0.1) is 4.73 Å². The van der Waals surface area contributed by atoms with Crippen LogP contribution < -0.4 is 10.6 Å². The molecule has 0 spiro atoms. The monoisotopic (exact) mass is 611 g/mol. The highest BCUT2D eigenvalue weighted by atomic mass is 16.7. The number of rotatable bonds is 29. The summed E-state index contributed by atoms with van der Waals surface area (Å²) in [5, 5.41) is 40.9. The Bertz CT molecular complexity index is 758. The third-order valence-electron chi connectivity index (χ3n) is 8.24. The minimum atomic E-state index is -0.894. The van der Waals surface area contributed by atoms with Crippen LogP contribution in [0.4, 0.5) is 0 Å². The van der Waals surface area contributed by atoms with Gasteiger partial charge in [-0.3, -0.25) is 4.90 Å². The molecule has 43 heavy (non-hydrogen) atoms. The molecule has 0 aliphatic rings. The van der Waals surface area contributed by atoms with Crippen LogP contribution >= 0.6 is 0 Å². The summed E-state index contributed by atoms with van der Waals surface area (Å²) < 4.78 is 0.644. The lowest BCUT2D eigenvalue weighted by Crippen LogP contribution is -2.39. The first-order valence-electron chi connectivity index (χ1n) is 17.4. The first-order valence-corrected chi connectivity index (χ1v) is 17.4. The van der Waals surface area contributed by atoms with Crippen molar-refractivity contribution in [2.45, 2.75) is 167 Å². The zero-order chi connectivity index (χ0) is 31.7. The highest BCUT2D eigenvalue weighted by Gasteiger charge is 2.20. The van der Waals surface area contributed by atoms with Crippen LogP contribution in [0, 0.1) is 0 Å². The highest BCUT2D eigenvalue weighted by Crippen LogP contribution is 2.19. The Hall–Kier alpha value is -1.81. The molecule has 0 amide bonds. The topological polar surface area (TPSA) is 141 Å².